The maximum absolute atomic E-state index is 11.8. The van der Waals surface area contributed by atoms with Crippen molar-refractivity contribution in [2.24, 2.45) is 18.7 Å². The Kier molecular flexibility index (Phi) is 6.93. The number of para-hydroxylation sites is 2. The monoisotopic (exact) mass is 454 g/mol. The van der Waals surface area contributed by atoms with Crippen molar-refractivity contribution in [2.45, 2.75) is 44.7 Å². The molecule has 0 saturated heterocycles. The number of rotatable bonds is 5. The third-order valence-electron chi connectivity index (χ3n) is 6.48. The van der Waals surface area contributed by atoms with Gasteiger partial charge in [-0.2, -0.15) is 10.1 Å². The molecular formula is C23H30N6O4. The molecule has 0 radical (unpaired) electrons. The fraction of sp³-hybridized carbons (Fsp3) is 0.478. The summed E-state index contributed by atoms with van der Waals surface area (Å²) in [6.07, 6.45) is 5.56. The normalized spacial score (nSPS) is 20.5. The van der Waals surface area contributed by atoms with E-state index in [0.29, 0.717) is 23.7 Å². The number of hydrogen-bond donors (Lipinski definition) is 3. The highest BCUT2D eigenvalue weighted by molar-refractivity contribution is 5.92. The molecule has 1 aliphatic carbocycles. The molecule has 0 unspecified atom stereocenters. The number of fused-ring (bicyclic) bond motifs is 2. The van der Waals surface area contributed by atoms with Gasteiger partial charge in [0, 0.05) is 50.4 Å². The molecule has 1 saturated carbocycles. The van der Waals surface area contributed by atoms with Crippen molar-refractivity contribution in [3.05, 3.63) is 41.2 Å². The second kappa shape index (κ2) is 10.0. The number of primary amides is 1. The van der Waals surface area contributed by atoms with Gasteiger partial charge in [0.05, 0.1) is 0 Å². The predicted molar refractivity (Wildman–Crippen MR) is 123 cm³/mol. The molecule has 1 aliphatic heterocycles. The number of hydrogen-bond acceptors (Lipinski definition) is 7. The lowest BCUT2D eigenvalue weighted by atomic mass is 9.85. The first-order chi connectivity index (χ1) is 16.0. The van der Waals surface area contributed by atoms with Crippen molar-refractivity contribution in [3.63, 3.8) is 0 Å². The summed E-state index contributed by atoms with van der Waals surface area (Å²) < 4.78 is 7.66. The van der Waals surface area contributed by atoms with Crippen LogP contribution in [-0.4, -0.2) is 56.3 Å². The van der Waals surface area contributed by atoms with Gasteiger partial charge in [0.2, 0.25) is 0 Å². The first-order valence-electron chi connectivity index (χ1n) is 11.2. The molecule has 2 aromatic heterocycles. The zero-order valence-electron chi connectivity index (χ0n) is 18.7. The van der Waals surface area contributed by atoms with Crippen LogP contribution in [0.5, 0.6) is 0 Å². The van der Waals surface area contributed by atoms with Gasteiger partial charge in [-0.25, -0.2) is 0 Å². The number of nitrogens with one attached hydrogen (secondary N) is 1. The number of nitrogens with two attached hydrogens (primary N) is 1. The van der Waals surface area contributed by atoms with E-state index in [-0.39, 0.29) is 6.47 Å². The predicted octanol–water partition coefficient (Wildman–Crippen LogP) is 2.39. The van der Waals surface area contributed by atoms with Crippen molar-refractivity contribution in [2.75, 3.05) is 18.4 Å². The van der Waals surface area contributed by atoms with E-state index in [1.807, 2.05) is 36.0 Å². The topological polar surface area (TPSA) is 140 Å². The zero-order valence-corrected chi connectivity index (χ0v) is 18.7. The SMILES string of the molecule is Cn1nc(C(N)=O)c2c1CCN(C[C@@H]1CCC[C@@H](Nc3nc4ccccc4o3)C1)C2.O=CO. The lowest BCUT2D eigenvalue weighted by Gasteiger charge is -2.35. The number of anilines is 1. The summed E-state index contributed by atoms with van der Waals surface area (Å²) in [4.78, 5) is 27.1. The van der Waals surface area contributed by atoms with E-state index in [4.69, 9.17) is 20.1 Å². The highest BCUT2D eigenvalue weighted by atomic mass is 16.4. The fourth-order valence-electron chi connectivity index (χ4n) is 5.06. The molecule has 3 heterocycles. The van der Waals surface area contributed by atoms with E-state index >= 15 is 0 Å². The highest BCUT2D eigenvalue weighted by Crippen LogP contribution is 2.30. The fourth-order valence-corrected chi connectivity index (χ4v) is 5.06. The van der Waals surface area contributed by atoms with E-state index in [2.05, 4.69) is 20.3 Å². The minimum atomic E-state index is -0.436. The summed E-state index contributed by atoms with van der Waals surface area (Å²) in [6, 6.07) is 8.84. The number of carbonyl (C=O) groups is 2. The van der Waals surface area contributed by atoms with Crippen molar-refractivity contribution >= 4 is 29.5 Å². The van der Waals surface area contributed by atoms with Crippen LogP contribution in [0.1, 0.15) is 47.4 Å². The van der Waals surface area contributed by atoms with Gasteiger partial charge in [-0.05, 0) is 37.3 Å². The maximum atomic E-state index is 11.8. The van der Waals surface area contributed by atoms with Crippen LogP contribution in [0, 0.1) is 5.92 Å². The molecule has 3 aromatic rings. The Morgan fingerprint density at radius 3 is 2.91 bits per heavy atom. The molecule has 0 bridgehead atoms. The van der Waals surface area contributed by atoms with Gasteiger partial charge in [0.1, 0.15) is 5.52 Å². The van der Waals surface area contributed by atoms with Crippen molar-refractivity contribution in [1.29, 1.82) is 0 Å². The standard InChI is InChI=1S/C22H28N6O2.CH2O2/c1-27-18-9-10-28(13-16(18)20(26-27)21(23)29)12-14-5-4-6-15(11-14)24-22-25-17-7-2-3-8-19(17)30-22;2-1-3/h2-3,7-8,14-15H,4-6,9-13H2,1H3,(H2,23,29)(H,24,25);1H,(H,2,3)/t14-,15-;/m1./s1. The Morgan fingerprint density at radius 2 is 2.15 bits per heavy atom. The minimum Gasteiger partial charge on any atom is -0.483 e. The molecule has 10 nitrogen and oxygen atoms in total. The second-order valence-electron chi connectivity index (χ2n) is 8.71. The Bertz CT molecular complexity index is 1090. The molecule has 1 fully saturated rings. The van der Waals surface area contributed by atoms with Crippen LogP contribution < -0.4 is 11.1 Å². The number of amides is 1. The molecule has 2 aliphatic rings. The number of oxazole rings is 1. The summed E-state index contributed by atoms with van der Waals surface area (Å²) >= 11 is 0. The van der Waals surface area contributed by atoms with Crippen LogP contribution in [0.2, 0.25) is 0 Å². The highest BCUT2D eigenvalue weighted by Gasteiger charge is 2.29. The molecule has 0 spiro atoms. The van der Waals surface area contributed by atoms with Crippen molar-refractivity contribution in [1.82, 2.24) is 19.7 Å². The molecule has 1 amide bonds. The average molecular weight is 455 g/mol. The zero-order chi connectivity index (χ0) is 23.4. The van der Waals surface area contributed by atoms with Gasteiger partial charge in [-0.1, -0.05) is 18.6 Å². The molecule has 5 rings (SSSR count). The lowest BCUT2D eigenvalue weighted by Crippen LogP contribution is -2.38. The summed E-state index contributed by atoms with van der Waals surface area (Å²) in [7, 11) is 1.89. The van der Waals surface area contributed by atoms with Crippen molar-refractivity contribution < 1.29 is 19.1 Å². The maximum Gasteiger partial charge on any atom is 0.295 e. The number of nitrogens with zero attached hydrogens (tertiary/aromatic N) is 4. The van der Waals surface area contributed by atoms with Crippen molar-refractivity contribution in [3.8, 4) is 0 Å². The summed E-state index contributed by atoms with van der Waals surface area (Å²) in [5.74, 6) is 0.171. The third kappa shape index (κ3) is 5.16. The first-order valence-corrected chi connectivity index (χ1v) is 11.2. The number of aryl methyl sites for hydroxylation is 1. The second-order valence-corrected chi connectivity index (χ2v) is 8.71. The van der Waals surface area contributed by atoms with Gasteiger partial charge < -0.3 is 20.6 Å². The van der Waals surface area contributed by atoms with E-state index in [0.717, 1.165) is 61.3 Å². The third-order valence-corrected chi connectivity index (χ3v) is 6.48. The summed E-state index contributed by atoms with van der Waals surface area (Å²) in [5, 5.41) is 14.7. The first kappa shape index (κ1) is 22.8. The largest absolute Gasteiger partial charge is 0.483 e. The Balaban J connectivity index is 0.000000821. The Morgan fingerprint density at radius 1 is 1.36 bits per heavy atom. The Labute approximate surface area is 191 Å². The molecule has 4 N–H and O–H groups in total. The van der Waals surface area contributed by atoms with Crippen LogP contribution in [0.15, 0.2) is 28.7 Å². The number of carbonyl (C=O) groups excluding carboxylic acids is 1. The van der Waals surface area contributed by atoms with Crippen LogP contribution in [0.3, 0.4) is 0 Å². The van der Waals surface area contributed by atoms with Gasteiger partial charge in [0.25, 0.3) is 18.4 Å². The van der Waals surface area contributed by atoms with Crippen LogP contribution >= 0.6 is 0 Å². The van der Waals surface area contributed by atoms with Gasteiger partial charge in [-0.3, -0.25) is 19.2 Å². The van der Waals surface area contributed by atoms with Crippen LogP contribution in [0.4, 0.5) is 6.01 Å². The molecule has 2 atom stereocenters. The summed E-state index contributed by atoms with van der Waals surface area (Å²) in [6.45, 7) is 2.52. The lowest BCUT2D eigenvalue weighted by molar-refractivity contribution is -0.122. The smallest absolute Gasteiger partial charge is 0.295 e. The number of aromatic nitrogens is 3. The number of carboxylic acid groups (broad SMARTS) is 1. The molecule has 1 aromatic carbocycles. The van der Waals surface area contributed by atoms with Gasteiger partial charge in [-0.15, -0.1) is 0 Å². The average Bonchev–Trinajstić information content (AvgIpc) is 3.35. The molecule has 176 valence electrons. The molecule has 10 heteroatoms. The summed E-state index contributed by atoms with van der Waals surface area (Å²) in [5.41, 5.74) is 9.82. The van der Waals surface area contributed by atoms with E-state index in [9.17, 15) is 4.79 Å². The van der Waals surface area contributed by atoms with E-state index < -0.39 is 5.91 Å². The quantitative estimate of drug-likeness (QED) is 0.499. The molecule has 33 heavy (non-hydrogen) atoms. The van der Waals surface area contributed by atoms with E-state index in [1.54, 1.807) is 0 Å². The minimum absolute atomic E-state index is 0.250. The Hall–Kier alpha value is -3.40. The van der Waals surface area contributed by atoms with Gasteiger partial charge >= 0.3 is 0 Å². The molecular weight excluding hydrogens is 424 g/mol. The van der Waals surface area contributed by atoms with Crippen LogP contribution in [0.25, 0.3) is 11.1 Å². The van der Waals surface area contributed by atoms with Gasteiger partial charge in [0.15, 0.2) is 11.3 Å². The number of benzene rings is 1. The van der Waals surface area contributed by atoms with E-state index in [1.165, 1.54) is 12.8 Å². The van der Waals surface area contributed by atoms with Crippen LogP contribution in [-0.2, 0) is 24.8 Å².